The van der Waals surface area contributed by atoms with E-state index in [1.54, 1.807) is 62.6 Å². The van der Waals surface area contributed by atoms with Gasteiger partial charge in [-0.25, -0.2) is 12.8 Å². The van der Waals surface area contributed by atoms with Crippen LogP contribution in [0.1, 0.15) is 45.2 Å². The second-order valence-corrected chi connectivity index (χ2v) is 12.7. The van der Waals surface area contributed by atoms with E-state index in [4.69, 9.17) is 4.74 Å². The van der Waals surface area contributed by atoms with Gasteiger partial charge in [0.15, 0.2) is 0 Å². The van der Waals surface area contributed by atoms with Crippen molar-refractivity contribution in [3.05, 3.63) is 89.7 Å². The number of amides is 2. The summed E-state index contributed by atoms with van der Waals surface area (Å²) < 4.78 is 47.5. The van der Waals surface area contributed by atoms with Crippen molar-refractivity contribution in [1.82, 2.24) is 10.2 Å². The van der Waals surface area contributed by atoms with Gasteiger partial charge in [-0.1, -0.05) is 36.8 Å². The molecule has 3 aromatic rings. The molecule has 0 saturated carbocycles. The first kappa shape index (κ1) is 31.6. The van der Waals surface area contributed by atoms with Gasteiger partial charge in [0.05, 0.1) is 17.7 Å². The van der Waals surface area contributed by atoms with E-state index in [1.807, 2.05) is 27.7 Å². The molecule has 1 N–H and O–H groups in total. The molecule has 0 aliphatic heterocycles. The van der Waals surface area contributed by atoms with Crippen LogP contribution in [0.3, 0.4) is 0 Å². The number of carbonyl (C=O) groups is 2. The van der Waals surface area contributed by atoms with E-state index < -0.39 is 39.9 Å². The number of halogens is 1. The topological polar surface area (TPSA) is 96.0 Å². The number of aryl methyl sites for hydroxylation is 1. The van der Waals surface area contributed by atoms with Gasteiger partial charge in [-0.3, -0.25) is 13.9 Å². The fourth-order valence-electron chi connectivity index (χ4n) is 4.27. The third kappa shape index (κ3) is 8.29. The number of hydrogen-bond acceptors (Lipinski definition) is 5. The van der Waals surface area contributed by atoms with Crippen molar-refractivity contribution >= 4 is 27.5 Å². The zero-order valence-electron chi connectivity index (χ0n) is 24.3. The van der Waals surface area contributed by atoms with E-state index in [9.17, 15) is 22.4 Å². The van der Waals surface area contributed by atoms with Gasteiger partial charge in [-0.15, -0.1) is 0 Å². The van der Waals surface area contributed by atoms with E-state index in [-0.39, 0.29) is 23.0 Å². The highest BCUT2D eigenvalue weighted by Gasteiger charge is 2.34. The van der Waals surface area contributed by atoms with Crippen LogP contribution >= 0.6 is 0 Å². The molecule has 8 nitrogen and oxygen atoms in total. The molecule has 0 fully saturated rings. The Bertz CT molecular complexity index is 1440. The summed E-state index contributed by atoms with van der Waals surface area (Å²) in [5.74, 6) is -0.851. The van der Waals surface area contributed by atoms with Crippen molar-refractivity contribution in [2.75, 3.05) is 18.0 Å². The smallest absolute Gasteiger partial charge is 0.264 e. The average Bonchev–Trinajstić information content (AvgIpc) is 2.91. The summed E-state index contributed by atoms with van der Waals surface area (Å²) in [4.78, 5) is 28.7. The molecule has 0 bridgehead atoms. The predicted molar refractivity (Wildman–Crippen MR) is 158 cm³/mol. The van der Waals surface area contributed by atoms with Gasteiger partial charge in [0.1, 0.15) is 24.2 Å². The second-order valence-electron chi connectivity index (χ2n) is 10.8. The van der Waals surface area contributed by atoms with Crippen LogP contribution in [0.4, 0.5) is 10.1 Å². The Morgan fingerprint density at radius 2 is 1.54 bits per heavy atom. The van der Waals surface area contributed by atoms with Crippen molar-refractivity contribution in [1.29, 1.82) is 0 Å². The fourth-order valence-corrected chi connectivity index (χ4v) is 5.69. The molecule has 0 radical (unpaired) electrons. The fraction of sp³-hybridized carbons (Fsp3) is 0.355. The van der Waals surface area contributed by atoms with E-state index >= 15 is 0 Å². The van der Waals surface area contributed by atoms with Crippen LogP contribution in [0.2, 0.25) is 0 Å². The number of nitrogens with one attached hydrogen (secondary N) is 1. The van der Waals surface area contributed by atoms with E-state index in [1.165, 1.54) is 4.90 Å². The van der Waals surface area contributed by atoms with Crippen LogP contribution in [-0.4, -0.2) is 50.4 Å². The molecular weight excluding hydrogens is 545 g/mol. The SMILES string of the molecule is CC[C@H](C(=O)NC(C)(C)C)N(Cc1ccc(OC)cc1)C(=O)CN(c1ccc(C)cc1)S(=O)(=O)c1ccc(F)cc1. The molecule has 0 unspecified atom stereocenters. The van der Waals surface area contributed by atoms with Gasteiger partial charge in [-0.2, -0.15) is 0 Å². The zero-order valence-corrected chi connectivity index (χ0v) is 25.2. The Kier molecular flexibility index (Phi) is 10.1. The lowest BCUT2D eigenvalue weighted by atomic mass is 10.1. The minimum Gasteiger partial charge on any atom is -0.497 e. The van der Waals surface area contributed by atoms with Crippen molar-refractivity contribution in [3.63, 3.8) is 0 Å². The Morgan fingerprint density at radius 3 is 2.05 bits per heavy atom. The molecule has 0 aliphatic carbocycles. The normalized spacial score (nSPS) is 12.4. The van der Waals surface area contributed by atoms with E-state index in [0.717, 1.165) is 39.7 Å². The van der Waals surface area contributed by atoms with Gasteiger partial charge in [0.25, 0.3) is 10.0 Å². The highest BCUT2D eigenvalue weighted by Crippen LogP contribution is 2.26. The maximum Gasteiger partial charge on any atom is 0.264 e. The highest BCUT2D eigenvalue weighted by molar-refractivity contribution is 7.92. The molecule has 0 aliphatic rings. The molecule has 0 spiro atoms. The van der Waals surface area contributed by atoms with Crippen molar-refractivity contribution in [2.45, 2.75) is 64.1 Å². The number of benzene rings is 3. The third-order valence-corrected chi connectivity index (χ3v) is 8.19. The largest absolute Gasteiger partial charge is 0.497 e. The standard InChI is InChI=1S/C31H38FN3O5S/c1-7-28(30(37)33-31(3,4)5)34(20-23-10-16-26(40-6)17-11-23)29(36)21-35(25-14-8-22(2)9-15-25)41(38,39)27-18-12-24(32)13-19-27/h8-19,28H,7,20-21H2,1-6H3,(H,33,37)/t28-/m1/s1. The molecule has 3 aromatic carbocycles. The Labute approximate surface area is 242 Å². The first-order valence-corrected chi connectivity index (χ1v) is 14.8. The first-order chi connectivity index (χ1) is 19.2. The summed E-state index contributed by atoms with van der Waals surface area (Å²) >= 11 is 0. The molecule has 0 aromatic heterocycles. The van der Waals surface area contributed by atoms with Crippen molar-refractivity contribution in [3.8, 4) is 5.75 Å². The van der Waals surface area contributed by atoms with Crippen LogP contribution in [0.5, 0.6) is 5.75 Å². The lowest BCUT2D eigenvalue weighted by Crippen LogP contribution is -2.55. The average molecular weight is 584 g/mol. The van der Waals surface area contributed by atoms with Crippen LogP contribution in [0, 0.1) is 12.7 Å². The lowest BCUT2D eigenvalue weighted by Gasteiger charge is -2.34. The van der Waals surface area contributed by atoms with Crippen LogP contribution in [-0.2, 0) is 26.2 Å². The zero-order chi connectivity index (χ0) is 30.4. The van der Waals surface area contributed by atoms with Crippen molar-refractivity contribution < 1.29 is 27.1 Å². The summed E-state index contributed by atoms with van der Waals surface area (Å²) in [6.07, 6.45) is 0.305. The van der Waals surface area contributed by atoms with Gasteiger partial charge in [0.2, 0.25) is 11.8 Å². The second kappa shape index (κ2) is 13.2. The van der Waals surface area contributed by atoms with E-state index in [0.29, 0.717) is 12.2 Å². The number of carbonyl (C=O) groups excluding carboxylic acids is 2. The van der Waals surface area contributed by atoms with Crippen molar-refractivity contribution in [2.24, 2.45) is 0 Å². The van der Waals surface area contributed by atoms with Gasteiger partial charge in [-0.05, 0) is 88.2 Å². The maximum atomic E-state index is 14.1. The number of anilines is 1. The molecule has 1 atom stereocenters. The minimum absolute atomic E-state index is 0.0667. The number of ether oxygens (including phenoxy) is 1. The van der Waals surface area contributed by atoms with E-state index in [2.05, 4.69) is 5.32 Å². The molecule has 0 saturated heterocycles. The van der Waals surface area contributed by atoms with Gasteiger partial charge < -0.3 is 15.0 Å². The van der Waals surface area contributed by atoms with Gasteiger partial charge >= 0.3 is 0 Å². The number of hydrogen-bond donors (Lipinski definition) is 1. The molecule has 41 heavy (non-hydrogen) atoms. The maximum absolute atomic E-state index is 14.1. The van der Waals surface area contributed by atoms with Crippen LogP contribution < -0.4 is 14.4 Å². The van der Waals surface area contributed by atoms with Crippen LogP contribution in [0.25, 0.3) is 0 Å². The summed E-state index contributed by atoms with van der Waals surface area (Å²) in [6.45, 7) is 8.71. The number of nitrogens with zero attached hydrogens (tertiary/aromatic N) is 2. The quantitative estimate of drug-likeness (QED) is 0.341. The number of sulfonamides is 1. The number of rotatable bonds is 11. The highest BCUT2D eigenvalue weighted by atomic mass is 32.2. The summed E-state index contributed by atoms with van der Waals surface area (Å²) in [7, 11) is -2.72. The Balaban J connectivity index is 2.06. The third-order valence-electron chi connectivity index (χ3n) is 6.40. The molecule has 10 heteroatoms. The number of methoxy groups -OCH3 is 1. The summed E-state index contributed by atoms with van der Waals surface area (Å²) in [6, 6.07) is 17.4. The molecule has 3 rings (SSSR count). The molecular formula is C31H38FN3O5S. The Hall–Kier alpha value is -3.92. The van der Waals surface area contributed by atoms with Crippen LogP contribution in [0.15, 0.2) is 77.7 Å². The van der Waals surface area contributed by atoms with Gasteiger partial charge in [0, 0.05) is 12.1 Å². The Morgan fingerprint density at radius 1 is 0.951 bits per heavy atom. The lowest BCUT2D eigenvalue weighted by molar-refractivity contribution is -0.141. The minimum atomic E-state index is -4.27. The predicted octanol–water partition coefficient (Wildman–Crippen LogP) is 5.06. The molecule has 220 valence electrons. The first-order valence-electron chi connectivity index (χ1n) is 13.3. The summed E-state index contributed by atoms with van der Waals surface area (Å²) in [5, 5.41) is 2.94. The molecule has 2 amide bonds. The molecule has 0 heterocycles. The summed E-state index contributed by atoms with van der Waals surface area (Å²) in [5.41, 5.74) is 1.37. The monoisotopic (exact) mass is 583 g/mol.